The summed E-state index contributed by atoms with van der Waals surface area (Å²) < 4.78 is 0. The van der Waals surface area contributed by atoms with Crippen molar-refractivity contribution in [3.8, 4) is 0 Å². The lowest BCUT2D eigenvalue weighted by Gasteiger charge is -2.26. The monoisotopic (exact) mass is 279 g/mol. The van der Waals surface area contributed by atoms with E-state index < -0.39 is 0 Å². The molecule has 104 valence electrons. The van der Waals surface area contributed by atoms with Crippen molar-refractivity contribution in [2.45, 2.75) is 51.4 Å². The largest absolute Gasteiger partial charge is 0.370 e. The van der Waals surface area contributed by atoms with Gasteiger partial charge in [0.1, 0.15) is 16.8 Å². The molecule has 1 N–H and O–H groups in total. The molecule has 3 rings (SSSR count). The third kappa shape index (κ3) is 3.59. The van der Waals surface area contributed by atoms with Gasteiger partial charge in [-0.15, -0.1) is 0 Å². The van der Waals surface area contributed by atoms with E-state index in [0.717, 1.165) is 30.0 Å². The Morgan fingerprint density at radius 1 is 1.16 bits per heavy atom. The fraction of sp³-hybridized carbons (Fsp3) is 0.733. The van der Waals surface area contributed by atoms with Crippen molar-refractivity contribution in [2.75, 3.05) is 11.9 Å². The molecule has 3 nitrogen and oxygen atoms in total. The average molecular weight is 280 g/mol. The summed E-state index contributed by atoms with van der Waals surface area (Å²) >= 11 is 6.07. The quantitative estimate of drug-likeness (QED) is 0.838. The highest BCUT2D eigenvalue weighted by atomic mass is 35.5. The maximum atomic E-state index is 6.07. The van der Waals surface area contributed by atoms with Crippen LogP contribution in [0.5, 0.6) is 0 Å². The van der Waals surface area contributed by atoms with Crippen molar-refractivity contribution in [2.24, 2.45) is 11.8 Å². The van der Waals surface area contributed by atoms with Crippen molar-refractivity contribution in [3.63, 3.8) is 0 Å². The van der Waals surface area contributed by atoms with Crippen LogP contribution in [0.25, 0.3) is 0 Å². The normalized spacial score (nSPS) is 27.3. The van der Waals surface area contributed by atoms with Crippen LogP contribution in [0.15, 0.2) is 6.07 Å². The van der Waals surface area contributed by atoms with Gasteiger partial charge < -0.3 is 5.32 Å². The molecule has 2 aliphatic rings. The molecule has 0 atom stereocenters. The first-order valence-electron chi connectivity index (χ1n) is 7.49. The van der Waals surface area contributed by atoms with E-state index in [1.54, 1.807) is 0 Å². The van der Waals surface area contributed by atoms with E-state index >= 15 is 0 Å². The average Bonchev–Trinajstić information content (AvgIpc) is 3.22. The summed E-state index contributed by atoms with van der Waals surface area (Å²) in [7, 11) is 0. The van der Waals surface area contributed by atoms with Crippen LogP contribution in [0.4, 0.5) is 5.82 Å². The van der Waals surface area contributed by atoms with Crippen molar-refractivity contribution in [3.05, 3.63) is 17.0 Å². The van der Waals surface area contributed by atoms with Gasteiger partial charge in [-0.3, -0.25) is 0 Å². The van der Waals surface area contributed by atoms with Gasteiger partial charge in [0.25, 0.3) is 0 Å². The predicted molar refractivity (Wildman–Crippen MR) is 78.6 cm³/mol. The number of rotatable bonds is 4. The van der Waals surface area contributed by atoms with Gasteiger partial charge in [0, 0.05) is 18.5 Å². The zero-order chi connectivity index (χ0) is 13.2. The minimum Gasteiger partial charge on any atom is -0.370 e. The van der Waals surface area contributed by atoms with Crippen LogP contribution in [0.3, 0.4) is 0 Å². The highest BCUT2D eigenvalue weighted by molar-refractivity contribution is 6.29. The van der Waals surface area contributed by atoms with Crippen LogP contribution in [-0.4, -0.2) is 16.5 Å². The van der Waals surface area contributed by atoms with E-state index in [0.29, 0.717) is 11.1 Å². The predicted octanol–water partition coefficient (Wildman–Crippen LogP) is 4.25. The second kappa shape index (κ2) is 5.66. The first kappa shape index (κ1) is 13.2. The Kier molecular flexibility index (Phi) is 3.92. The molecule has 0 saturated heterocycles. The van der Waals surface area contributed by atoms with Crippen molar-refractivity contribution < 1.29 is 0 Å². The zero-order valence-electron chi connectivity index (χ0n) is 11.5. The van der Waals surface area contributed by atoms with Crippen molar-refractivity contribution in [1.29, 1.82) is 0 Å². The maximum Gasteiger partial charge on any atom is 0.135 e. The lowest BCUT2D eigenvalue weighted by Crippen LogP contribution is -2.20. The summed E-state index contributed by atoms with van der Waals surface area (Å²) in [5, 5.41) is 4.02. The fourth-order valence-corrected chi connectivity index (χ4v) is 3.02. The van der Waals surface area contributed by atoms with E-state index in [4.69, 9.17) is 11.6 Å². The molecule has 0 unspecified atom stereocenters. The summed E-state index contributed by atoms with van der Waals surface area (Å²) in [5.74, 6) is 4.07. The lowest BCUT2D eigenvalue weighted by molar-refractivity contribution is 0.300. The van der Waals surface area contributed by atoms with Gasteiger partial charge in [0.05, 0.1) is 0 Å². The van der Waals surface area contributed by atoms with Gasteiger partial charge in [0.15, 0.2) is 0 Å². The van der Waals surface area contributed by atoms with Crippen LogP contribution in [0, 0.1) is 11.8 Å². The Labute approximate surface area is 120 Å². The molecule has 1 heterocycles. The van der Waals surface area contributed by atoms with E-state index in [2.05, 4.69) is 22.2 Å². The SMILES string of the molecule is CC1CCC(CNc2cc(Cl)nc(C3CC3)n2)CC1. The van der Waals surface area contributed by atoms with E-state index in [1.165, 1.54) is 38.5 Å². The molecule has 0 bridgehead atoms. The molecule has 0 radical (unpaired) electrons. The summed E-state index contributed by atoms with van der Waals surface area (Å²) in [6.07, 6.45) is 7.82. The van der Waals surface area contributed by atoms with Crippen LogP contribution in [-0.2, 0) is 0 Å². The summed E-state index contributed by atoms with van der Waals surface area (Å²) in [5.41, 5.74) is 0. The molecule has 2 saturated carbocycles. The van der Waals surface area contributed by atoms with Crippen molar-refractivity contribution in [1.82, 2.24) is 9.97 Å². The van der Waals surface area contributed by atoms with Crippen LogP contribution in [0.2, 0.25) is 5.15 Å². The molecule has 0 amide bonds. The van der Waals surface area contributed by atoms with Gasteiger partial charge in [-0.25, -0.2) is 9.97 Å². The van der Waals surface area contributed by atoms with Gasteiger partial charge in [-0.05, 0) is 37.5 Å². The lowest BCUT2D eigenvalue weighted by atomic mass is 9.83. The molecule has 0 aliphatic heterocycles. The topological polar surface area (TPSA) is 37.8 Å². The highest BCUT2D eigenvalue weighted by Crippen LogP contribution is 2.38. The van der Waals surface area contributed by atoms with Gasteiger partial charge >= 0.3 is 0 Å². The van der Waals surface area contributed by atoms with Gasteiger partial charge in [-0.1, -0.05) is 31.4 Å². The number of nitrogens with one attached hydrogen (secondary N) is 1. The number of anilines is 1. The molecular weight excluding hydrogens is 258 g/mol. The molecule has 19 heavy (non-hydrogen) atoms. The molecule has 4 heteroatoms. The molecule has 2 fully saturated rings. The zero-order valence-corrected chi connectivity index (χ0v) is 12.3. The molecular formula is C15H22ClN3. The number of aromatic nitrogens is 2. The van der Waals surface area contributed by atoms with Gasteiger partial charge in [0.2, 0.25) is 0 Å². The second-order valence-electron chi connectivity index (χ2n) is 6.22. The summed E-state index contributed by atoms with van der Waals surface area (Å²) in [4.78, 5) is 8.90. The minimum atomic E-state index is 0.551. The molecule has 1 aromatic rings. The van der Waals surface area contributed by atoms with E-state index in [9.17, 15) is 0 Å². The Balaban J connectivity index is 1.57. The second-order valence-corrected chi connectivity index (χ2v) is 6.60. The molecule has 2 aliphatic carbocycles. The summed E-state index contributed by atoms with van der Waals surface area (Å²) in [6.45, 7) is 3.37. The molecule has 1 aromatic heterocycles. The van der Waals surface area contributed by atoms with Crippen LogP contribution in [0.1, 0.15) is 57.2 Å². The first-order valence-corrected chi connectivity index (χ1v) is 7.87. The first-order chi connectivity index (χ1) is 9.20. The number of halogens is 1. The van der Waals surface area contributed by atoms with Crippen molar-refractivity contribution >= 4 is 17.4 Å². The van der Waals surface area contributed by atoms with Crippen LogP contribution >= 0.6 is 11.6 Å². The third-order valence-corrected chi connectivity index (χ3v) is 4.56. The standard InChI is InChI=1S/C15H22ClN3/c1-10-2-4-11(5-3-10)9-17-14-8-13(16)18-15(19-14)12-6-7-12/h8,10-12H,2-7,9H2,1H3,(H,17,18,19). The number of hydrogen-bond donors (Lipinski definition) is 1. The number of nitrogens with zero attached hydrogens (tertiary/aromatic N) is 2. The van der Waals surface area contributed by atoms with Gasteiger partial charge in [-0.2, -0.15) is 0 Å². The Morgan fingerprint density at radius 2 is 1.89 bits per heavy atom. The highest BCUT2D eigenvalue weighted by Gasteiger charge is 2.27. The minimum absolute atomic E-state index is 0.551. The Morgan fingerprint density at radius 3 is 2.58 bits per heavy atom. The van der Waals surface area contributed by atoms with E-state index in [1.807, 2.05) is 6.07 Å². The number of hydrogen-bond acceptors (Lipinski definition) is 3. The fourth-order valence-electron chi connectivity index (χ4n) is 2.83. The maximum absolute atomic E-state index is 6.07. The van der Waals surface area contributed by atoms with Crippen LogP contribution < -0.4 is 5.32 Å². The third-order valence-electron chi connectivity index (χ3n) is 4.36. The molecule has 0 spiro atoms. The van der Waals surface area contributed by atoms with E-state index in [-0.39, 0.29) is 0 Å². The summed E-state index contributed by atoms with van der Waals surface area (Å²) in [6, 6.07) is 1.85. The smallest absolute Gasteiger partial charge is 0.135 e. The molecule has 0 aromatic carbocycles. The Bertz CT molecular complexity index is 437. The Hall–Kier alpha value is -0.830.